The van der Waals surface area contributed by atoms with Crippen LogP contribution in [0.25, 0.3) is 0 Å². The van der Waals surface area contributed by atoms with E-state index in [0.717, 1.165) is 6.07 Å². The van der Waals surface area contributed by atoms with Crippen molar-refractivity contribution in [1.82, 2.24) is 0 Å². The molecular formula is C8H7BrF3NO. The Kier molecular flexibility index (Phi) is 2.94. The average Bonchev–Trinajstić information content (AvgIpc) is 2.06. The van der Waals surface area contributed by atoms with Crippen LogP contribution in [0.2, 0.25) is 0 Å². The predicted octanol–water partition coefficient (Wildman–Crippen LogP) is 3.06. The van der Waals surface area contributed by atoms with E-state index in [0.29, 0.717) is 0 Å². The maximum atomic E-state index is 12.4. The maximum Gasteiger partial charge on any atom is 0.418 e. The Labute approximate surface area is 87.0 Å². The minimum atomic E-state index is -4.47. The second-order valence-electron chi connectivity index (χ2n) is 2.57. The fourth-order valence-electron chi connectivity index (χ4n) is 0.996. The lowest BCUT2D eigenvalue weighted by Gasteiger charge is -2.13. The van der Waals surface area contributed by atoms with Crippen molar-refractivity contribution >= 4 is 21.6 Å². The molecule has 0 saturated heterocycles. The summed E-state index contributed by atoms with van der Waals surface area (Å²) in [5, 5.41) is 0. The van der Waals surface area contributed by atoms with Crippen LogP contribution in [0.4, 0.5) is 18.9 Å². The minimum Gasteiger partial charge on any atom is -0.495 e. The first-order chi connectivity index (χ1) is 6.36. The molecule has 1 aromatic carbocycles. The summed E-state index contributed by atoms with van der Waals surface area (Å²) >= 11 is 2.94. The monoisotopic (exact) mass is 269 g/mol. The van der Waals surface area contributed by atoms with Gasteiger partial charge in [-0.2, -0.15) is 13.2 Å². The molecule has 0 fully saturated rings. The molecule has 0 heterocycles. The lowest BCUT2D eigenvalue weighted by molar-refractivity contribution is -0.137. The highest BCUT2D eigenvalue weighted by Gasteiger charge is 2.34. The zero-order valence-corrected chi connectivity index (χ0v) is 8.74. The maximum absolute atomic E-state index is 12.4. The van der Waals surface area contributed by atoms with Crippen LogP contribution in [-0.4, -0.2) is 7.11 Å². The molecule has 0 amide bonds. The molecule has 0 spiro atoms. The molecule has 0 aliphatic carbocycles. The lowest BCUT2D eigenvalue weighted by Crippen LogP contribution is -2.10. The van der Waals surface area contributed by atoms with Gasteiger partial charge in [0.05, 0.1) is 18.4 Å². The number of benzene rings is 1. The molecule has 1 aromatic rings. The topological polar surface area (TPSA) is 35.2 Å². The van der Waals surface area contributed by atoms with E-state index >= 15 is 0 Å². The van der Waals surface area contributed by atoms with Crippen LogP contribution < -0.4 is 10.5 Å². The first-order valence-electron chi connectivity index (χ1n) is 3.56. The van der Waals surface area contributed by atoms with E-state index < -0.39 is 17.4 Å². The molecule has 0 unspecified atom stereocenters. The van der Waals surface area contributed by atoms with Crippen LogP contribution in [0.15, 0.2) is 16.6 Å². The van der Waals surface area contributed by atoms with Crippen molar-refractivity contribution in [2.75, 3.05) is 12.8 Å². The van der Waals surface area contributed by atoms with Crippen LogP contribution in [0.3, 0.4) is 0 Å². The number of hydrogen-bond acceptors (Lipinski definition) is 2. The molecule has 78 valence electrons. The second-order valence-corrected chi connectivity index (χ2v) is 3.48. The van der Waals surface area contributed by atoms with E-state index in [4.69, 9.17) is 10.5 Å². The van der Waals surface area contributed by atoms with Crippen LogP contribution >= 0.6 is 15.9 Å². The largest absolute Gasteiger partial charge is 0.495 e. The molecule has 1 rings (SSSR count). The summed E-state index contributed by atoms with van der Waals surface area (Å²) in [5.41, 5.74) is 3.98. The highest BCUT2D eigenvalue weighted by Crippen LogP contribution is 2.40. The zero-order valence-electron chi connectivity index (χ0n) is 7.15. The normalized spacial score (nSPS) is 11.5. The molecule has 6 heteroatoms. The molecule has 0 saturated carbocycles. The van der Waals surface area contributed by atoms with E-state index in [-0.39, 0.29) is 10.2 Å². The number of ether oxygens (including phenoxy) is 1. The molecule has 0 radical (unpaired) electrons. The molecule has 2 N–H and O–H groups in total. The molecule has 2 nitrogen and oxygen atoms in total. The number of nitrogens with two attached hydrogens (primary N) is 1. The summed E-state index contributed by atoms with van der Waals surface area (Å²) in [5.74, 6) is 0.00620. The van der Waals surface area contributed by atoms with Crippen LogP contribution in [0, 0.1) is 0 Å². The van der Waals surface area contributed by atoms with Crippen molar-refractivity contribution in [3.8, 4) is 5.75 Å². The van der Waals surface area contributed by atoms with E-state index in [1.54, 1.807) is 0 Å². The fourth-order valence-corrected chi connectivity index (χ4v) is 1.43. The van der Waals surface area contributed by atoms with Crippen LogP contribution in [0.5, 0.6) is 5.75 Å². The molecule has 0 aromatic heterocycles. The first-order valence-corrected chi connectivity index (χ1v) is 4.35. The van der Waals surface area contributed by atoms with Gasteiger partial charge in [-0.05, 0) is 12.1 Å². The second kappa shape index (κ2) is 3.68. The Morgan fingerprint density at radius 3 is 2.36 bits per heavy atom. The quantitative estimate of drug-likeness (QED) is 0.796. The van der Waals surface area contributed by atoms with Crippen LogP contribution in [-0.2, 0) is 6.18 Å². The van der Waals surface area contributed by atoms with Gasteiger partial charge in [-0.3, -0.25) is 0 Å². The highest BCUT2D eigenvalue weighted by atomic mass is 79.9. The number of halogens is 4. The van der Waals surface area contributed by atoms with E-state index in [1.807, 2.05) is 0 Å². The Hall–Kier alpha value is -0.910. The summed E-state index contributed by atoms with van der Waals surface area (Å²) in [6.07, 6.45) is -4.47. The van der Waals surface area contributed by atoms with Crippen molar-refractivity contribution in [1.29, 1.82) is 0 Å². The standard InChI is InChI=1S/C8H7BrF3NO/c1-14-6-3-4(9)2-5(7(6)13)8(10,11)12/h2-3H,13H2,1H3. The van der Waals surface area contributed by atoms with Crippen molar-refractivity contribution in [3.05, 3.63) is 22.2 Å². The number of anilines is 1. The first kappa shape index (κ1) is 11.2. The van der Waals surface area contributed by atoms with E-state index in [2.05, 4.69) is 15.9 Å². The SMILES string of the molecule is COc1cc(Br)cc(C(F)(F)F)c1N. The van der Waals surface area contributed by atoms with Gasteiger partial charge in [0.2, 0.25) is 0 Å². The minimum absolute atomic E-state index is 0.00620. The number of methoxy groups -OCH3 is 1. The van der Waals surface area contributed by atoms with Gasteiger partial charge < -0.3 is 10.5 Å². The van der Waals surface area contributed by atoms with Crippen molar-refractivity contribution in [3.63, 3.8) is 0 Å². The Bertz CT molecular complexity index is 351. The van der Waals surface area contributed by atoms with Gasteiger partial charge in [0, 0.05) is 4.47 Å². The third kappa shape index (κ3) is 2.12. The van der Waals surface area contributed by atoms with Crippen molar-refractivity contribution in [2.24, 2.45) is 0 Å². The summed E-state index contributed by atoms with van der Waals surface area (Å²) in [6.45, 7) is 0. The van der Waals surface area contributed by atoms with Crippen LogP contribution in [0.1, 0.15) is 5.56 Å². The third-order valence-corrected chi connectivity index (χ3v) is 2.09. The number of rotatable bonds is 1. The number of hydrogen-bond donors (Lipinski definition) is 1. The number of alkyl halides is 3. The highest BCUT2D eigenvalue weighted by molar-refractivity contribution is 9.10. The van der Waals surface area contributed by atoms with Crippen molar-refractivity contribution in [2.45, 2.75) is 6.18 Å². The smallest absolute Gasteiger partial charge is 0.418 e. The number of nitrogen functional groups attached to an aromatic ring is 1. The van der Waals surface area contributed by atoms with Crippen molar-refractivity contribution < 1.29 is 17.9 Å². The molecule has 0 atom stereocenters. The molecular weight excluding hydrogens is 263 g/mol. The van der Waals surface area contributed by atoms with Gasteiger partial charge in [0.1, 0.15) is 5.75 Å². The predicted molar refractivity (Wildman–Crippen MR) is 50.1 cm³/mol. The Balaban J connectivity index is 3.37. The summed E-state index contributed by atoms with van der Waals surface area (Å²) in [7, 11) is 1.26. The molecule has 14 heavy (non-hydrogen) atoms. The van der Waals surface area contributed by atoms with E-state index in [9.17, 15) is 13.2 Å². The molecule has 0 bridgehead atoms. The van der Waals surface area contributed by atoms with Gasteiger partial charge in [-0.15, -0.1) is 0 Å². The molecule has 0 aliphatic heterocycles. The van der Waals surface area contributed by atoms with E-state index in [1.165, 1.54) is 13.2 Å². The summed E-state index contributed by atoms with van der Waals surface area (Å²) in [6, 6.07) is 2.29. The lowest BCUT2D eigenvalue weighted by atomic mass is 10.1. The third-order valence-electron chi connectivity index (χ3n) is 1.63. The van der Waals surface area contributed by atoms with Gasteiger partial charge in [-0.1, -0.05) is 15.9 Å². The van der Waals surface area contributed by atoms with Gasteiger partial charge >= 0.3 is 6.18 Å². The Morgan fingerprint density at radius 2 is 1.93 bits per heavy atom. The fraction of sp³-hybridized carbons (Fsp3) is 0.250. The average molecular weight is 270 g/mol. The molecule has 0 aliphatic rings. The zero-order chi connectivity index (χ0) is 10.9. The van der Waals surface area contributed by atoms with Gasteiger partial charge in [-0.25, -0.2) is 0 Å². The van der Waals surface area contributed by atoms with Gasteiger partial charge in [0.25, 0.3) is 0 Å². The summed E-state index contributed by atoms with van der Waals surface area (Å²) in [4.78, 5) is 0. The van der Waals surface area contributed by atoms with Gasteiger partial charge in [0.15, 0.2) is 0 Å². The summed E-state index contributed by atoms with van der Waals surface area (Å²) < 4.78 is 42.1. The Morgan fingerprint density at radius 1 is 1.36 bits per heavy atom.